The van der Waals surface area contributed by atoms with Gasteiger partial charge in [-0.05, 0) is 45.0 Å². The molecule has 0 saturated heterocycles. The molecule has 0 aliphatic rings. The number of anilines is 2. The van der Waals surface area contributed by atoms with Gasteiger partial charge in [0.15, 0.2) is 0 Å². The van der Waals surface area contributed by atoms with Crippen LogP contribution < -0.4 is 11.1 Å². The molecule has 0 bridgehead atoms. The molecular weight excluding hydrogens is 252 g/mol. The molecule has 1 aromatic carbocycles. The molecule has 108 valence electrons. The summed E-state index contributed by atoms with van der Waals surface area (Å²) >= 11 is 0. The van der Waals surface area contributed by atoms with Gasteiger partial charge in [-0.1, -0.05) is 0 Å². The molecule has 0 heterocycles. The molecule has 1 atom stereocenters. The quantitative estimate of drug-likeness (QED) is 0.779. The van der Waals surface area contributed by atoms with Crippen LogP contribution in [-0.4, -0.2) is 29.4 Å². The molecule has 1 aromatic rings. The average Bonchev–Trinajstić information content (AvgIpc) is 2.41. The molecule has 0 aliphatic carbocycles. The van der Waals surface area contributed by atoms with E-state index in [1.165, 1.54) is 0 Å². The van der Waals surface area contributed by atoms with Gasteiger partial charge >= 0.3 is 0 Å². The first-order valence-electron chi connectivity index (χ1n) is 6.74. The molecule has 20 heavy (non-hydrogen) atoms. The number of rotatable bonds is 6. The third-order valence-corrected chi connectivity index (χ3v) is 3.20. The number of nitriles is 1. The normalized spacial score (nSPS) is 12.2. The minimum atomic E-state index is -0.291. The number of nitrogens with zero attached hydrogens (tertiary/aromatic N) is 2. The van der Waals surface area contributed by atoms with Crippen LogP contribution in [0.5, 0.6) is 0 Å². The molecule has 0 radical (unpaired) electrons. The predicted octanol–water partition coefficient (Wildman–Crippen LogP) is 2.22. The van der Waals surface area contributed by atoms with E-state index in [0.29, 0.717) is 18.7 Å². The molecule has 5 nitrogen and oxygen atoms in total. The maximum Gasteiger partial charge on any atom is 0.241 e. The number of hydrogen-bond acceptors (Lipinski definition) is 4. The lowest BCUT2D eigenvalue weighted by atomic mass is 10.2. The molecule has 1 rings (SSSR count). The highest BCUT2D eigenvalue weighted by atomic mass is 16.2. The summed E-state index contributed by atoms with van der Waals surface area (Å²) in [6.07, 6.45) is 0.414. The Kier molecular flexibility index (Phi) is 6.01. The number of hydrogen-bond donors (Lipinski definition) is 2. The van der Waals surface area contributed by atoms with Crippen molar-refractivity contribution < 1.29 is 4.79 Å². The van der Waals surface area contributed by atoms with Crippen molar-refractivity contribution in [2.24, 2.45) is 0 Å². The first-order valence-corrected chi connectivity index (χ1v) is 6.74. The highest BCUT2D eigenvalue weighted by Crippen LogP contribution is 2.13. The lowest BCUT2D eigenvalue weighted by molar-refractivity contribution is -0.121. The van der Waals surface area contributed by atoms with Crippen molar-refractivity contribution in [3.05, 3.63) is 24.3 Å². The number of amides is 1. The topological polar surface area (TPSA) is 82.2 Å². The Morgan fingerprint density at radius 2 is 1.95 bits per heavy atom. The maximum absolute atomic E-state index is 12.2. The molecule has 3 N–H and O–H groups in total. The van der Waals surface area contributed by atoms with E-state index in [1.807, 2.05) is 25.7 Å². The van der Waals surface area contributed by atoms with Crippen LogP contribution in [0.2, 0.25) is 0 Å². The van der Waals surface area contributed by atoms with Gasteiger partial charge in [0.05, 0.1) is 12.1 Å². The number of nitrogen functional groups attached to an aromatic ring is 1. The number of nitrogens with two attached hydrogens (primary N) is 1. The lowest BCUT2D eigenvalue weighted by Crippen LogP contribution is -2.46. The van der Waals surface area contributed by atoms with E-state index >= 15 is 0 Å². The fraction of sp³-hybridized carbons (Fsp3) is 0.467. The predicted molar refractivity (Wildman–Crippen MR) is 81.0 cm³/mol. The smallest absolute Gasteiger partial charge is 0.241 e. The third-order valence-electron chi connectivity index (χ3n) is 3.20. The summed E-state index contributed by atoms with van der Waals surface area (Å²) in [7, 11) is 0. The van der Waals surface area contributed by atoms with Crippen molar-refractivity contribution >= 4 is 17.3 Å². The molecule has 0 spiro atoms. The van der Waals surface area contributed by atoms with Gasteiger partial charge in [0, 0.05) is 30.4 Å². The van der Waals surface area contributed by atoms with Crippen LogP contribution in [0.15, 0.2) is 24.3 Å². The monoisotopic (exact) mass is 274 g/mol. The second kappa shape index (κ2) is 7.51. The summed E-state index contributed by atoms with van der Waals surface area (Å²) in [6, 6.07) is 9.07. The van der Waals surface area contributed by atoms with Crippen LogP contribution in [0.3, 0.4) is 0 Å². The van der Waals surface area contributed by atoms with Gasteiger partial charge in [0.2, 0.25) is 5.91 Å². The minimum absolute atomic E-state index is 0.0820. The molecule has 0 saturated carbocycles. The largest absolute Gasteiger partial charge is 0.399 e. The molecule has 5 heteroatoms. The van der Waals surface area contributed by atoms with Crippen molar-refractivity contribution in [2.75, 3.05) is 17.6 Å². The van der Waals surface area contributed by atoms with Crippen molar-refractivity contribution in [2.45, 2.75) is 39.3 Å². The van der Waals surface area contributed by atoms with Crippen molar-refractivity contribution in [1.29, 1.82) is 5.26 Å². The summed E-state index contributed by atoms with van der Waals surface area (Å²) in [5, 5.41) is 11.6. The number of benzene rings is 1. The van der Waals surface area contributed by atoms with Crippen molar-refractivity contribution in [1.82, 2.24) is 4.90 Å². The van der Waals surface area contributed by atoms with E-state index in [-0.39, 0.29) is 18.0 Å². The van der Waals surface area contributed by atoms with E-state index in [9.17, 15) is 4.79 Å². The molecule has 0 fully saturated rings. The second-order valence-corrected chi connectivity index (χ2v) is 5.03. The number of carbonyl (C=O) groups is 1. The van der Waals surface area contributed by atoms with E-state index in [0.717, 1.165) is 5.69 Å². The first kappa shape index (κ1) is 16.0. The third kappa shape index (κ3) is 4.56. The van der Waals surface area contributed by atoms with Crippen molar-refractivity contribution in [3.8, 4) is 6.07 Å². The van der Waals surface area contributed by atoms with Crippen LogP contribution in [-0.2, 0) is 4.79 Å². The summed E-state index contributed by atoms with van der Waals surface area (Å²) in [5.41, 5.74) is 6.99. The average molecular weight is 274 g/mol. The molecule has 0 aliphatic heterocycles. The van der Waals surface area contributed by atoms with Crippen LogP contribution in [0.4, 0.5) is 11.4 Å². The molecule has 1 unspecified atom stereocenters. The summed E-state index contributed by atoms with van der Waals surface area (Å²) in [4.78, 5) is 14.2. The Morgan fingerprint density at radius 1 is 1.35 bits per heavy atom. The lowest BCUT2D eigenvalue weighted by Gasteiger charge is -2.31. The Morgan fingerprint density at radius 3 is 2.45 bits per heavy atom. The SMILES string of the molecule is CC(C)N(CCC#N)C(C)C(=O)Nc1ccc(N)cc1. The van der Waals surface area contributed by atoms with Gasteiger partial charge < -0.3 is 11.1 Å². The van der Waals surface area contributed by atoms with Gasteiger partial charge in [-0.3, -0.25) is 9.69 Å². The van der Waals surface area contributed by atoms with Gasteiger partial charge in [-0.15, -0.1) is 0 Å². The van der Waals surface area contributed by atoms with Gasteiger partial charge in [0.25, 0.3) is 0 Å². The Bertz CT molecular complexity index is 476. The van der Waals surface area contributed by atoms with Crippen LogP contribution in [0, 0.1) is 11.3 Å². The van der Waals surface area contributed by atoms with E-state index < -0.39 is 0 Å². The zero-order valence-electron chi connectivity index (χ0n) is 12.3. The minimum Gasteiger partial charge on any atom is -0.399 e. The second-order valence-electron chi connectivity index (χ2n) is 5.03. The molecular formula is C15H22N4O. The molecule has 1 amide bonds. The van der Waals surface area contributed by atoms with Crippen LogP contribution >= 0.6 is 0 Å². The zero-order valence-corrected chi connectivity index (χ0v) is 12.3. The number of nitrogens with one attached hydrogen (secondary N) is 1. The van der Waals surface area contributed by atoms with Crippen LogP contribution in [0.1, 0.15) is 27.2 Å². The summed E-state index contributed by atoms with van der Waals surface area (Å²) in [5.74, 6) is -0.0820. The van der Waals surface area contributed by atoms with E-state index in [4.69, 9.17) is 11.0 Å². The maximum atomic E-state index is 12.2. The highest BCUT2D eigenvalue weighted by Gasteiger charge is 2.23. The van der Waals surface area contributed by atoms with Gasteiger partial charge in [0.1, 0.15) is 0 Å². The Hall–Kier alpha value is -2.06. The van der Waals surface area contributed by atoms with Crippen molar-refractivity contribution in [3.63, 3.8) is 0 Å². The zero-order chi connectivity index (χ0) is 15.1. The first-order chi connectivity index (χ1) is 9.45. The Balaban J connectivity index is 2.68. The molecule has 0 aromatic heterocycles. The Labute approximate surface area is 120 Å². The van der Waals surface area contributed by atoms with E-state index in [1.54, 1.807) is 24.3 Å². The standard InChI is InChI=1S/C15H22N4O/c1-11(2)19(10-4-9-16)12(3)15(20)18-14-7-5-13(17)6-8-14/h5-8,11-12H,4,10,17H2,1-3H3,(H,18,20). The fourth-order valence-corrected chi connectivity index (χ4v) is 2.04. The summed E-state index contributed by atoms with van der Waals surface area (Å²) < 4.78 is 0. The van der Waals surface area contributed by atoms with Gasteiger partial charge in [-0.2, -0.15) is 5.26 Å². The van der Waals surface area contributed by atoms with E-state index in [2.05, 4.69) is 11.4 Å². The van der Waals surface area contributed by atoms with Crippen LogP contribution in [0.25, 0.3) is 0 Å². The fourth-order valence-electron chi connectivity index (χ4n) is 2.04. The number of carbonyl (C=O) groups excluding carboxylic acids is 1. The van der Waals surface area contributed by atoms with Gasteiger partial charge in [-0.25, -0.2) is 0 Å². The summed E-state index contributed by atoms with van der Waals surface area (Å²) in [6.45, 7) is 6.48. The highest BCUT2D eigenvalue weighted by molar-refractivity contribution is 5.94.